The molecule has 0 bridgehead atoms. The predicted octanol–water partition coefficient (Wildman–Crippen LogP) is 2.35. The first-order valence-electron chi connectivity index (χ1n) is 5.48. The summed E-state index contributed by atoms with van der Waals surface area (Å²) in [5, 5.41) is 13.1. The van der Waals surface area contributed by atoms with Crippen LogP contribution in [0.2, 0.25) is 0 Å². The lowest BCUT2D eigenvalue weighted by Gasteiger charge is -1.98. The summed E-state index contributed by atoms with van der Waals surface area (Å²) in [7, 11) is 1.63. The van der Waals surface area contributed by atoms with Crippen molar-refractivity contribution in [2.75, 3.05) is 0 Å². The third-order valence-electron chi connectivity index (χ3n) is 2.76. The molecule has 1 heterocycles. The Bertz CT molecular complexity index is 541. The Morgan fingerprint density at radius 1 is 1.35 bits per heavy atom. The van der Waals surface area contributed by atoms with Crippen LogP contribution in [-0.2, 0) is 13.5 Å². The first-order valence-corrected chi connectivity index (χ1v) is 5.48. The highest BCUT2D eigenvalue weighted by molar-refractivity contribution is 5.87. The van der Waals surface area contributed by atoms with Gasteiger partial charge < -0.3 is 5.11 Å². The molecule has 0 amide bonds. The van der Waals surface area contributed by atoms with E-state index in [1.165, 1.54) is 10.2 Å². The first-order chi connectivity index (χ1) is 8.11. The highest BCUT2D eigenvalue weighted by Crippen LogP contribution is 2.19. The van der Waals surface area contributed by atoms with Crippen LogP contribution in [0.15, 0.2) is 30.3 Å². The number of hydrogen-bond donors (Lipinski definition) is 1. The standard InChI is InChI=1S/C13H14N2O2/c1-3-9-4-6-10(7-5-9)11-8-12(13(16)17)15(2)14-11/h4-8H,3H2,1-2H3,(H,16,17). The normalized spacial score (nSPS) is 10.5. The number of rotatable bonds is 3. The summed E-state index contributed by atoms with van der Waals surface area (Å²) < 4.78 is 1.38. The van der Waals surface area contributed by atoms with Crippen molar-refractivity contribution in [3.05, 3.63) is 41.6 Å². The van der Waals surface area contributed by atoms with Crippen molar-refractivity contribution in [2.24, 2.45) is 7.05 Å². The highest BCUT2D eigenvalue weighted by Gasteiger charge is 2.12. The van der Waals surface area contributed by atoms with E-state index in [0.717, 1.165) is 12.0 Å². The molecular formula is C13H14N2O2. The molecule has 0 unspecified atom stereocenters. The molecule has 0 atom stereocenters. The molecule has 17 heavy (non-hydrogen) atoms. The molecular weight excluding hydrogens is 216 g/mol. The summed E-state index contributed by atoms with van der Waals surface area (Å²) in [5.74, 6) is -0.962. The maximum absolute atomic E-state index is 10.9. The monoisotopic (exact) mass is 230 g/mol. The van der Waals surface area contributed by atoms with E-state index in [4.69, 9.17) is 5.11 Å². The number of nitrogens with zero attached hydrogens (tertiary/aromatic N) is 2. The van der Waals surface area contributed by atoms with Gasteiger partial charge in [0.2, 0.25) is 0 Å². The molecule has 1 N–H and O–H groups in total. The molecule has 4 heteroatoms. The summed E-state index contributed by atoms with van der Waals surface area (Å²) >= 11 is 0. The SMILES string of the molecule is CCc1ccc(-c2cc(C(=O)O)n(C)n2)cc1. The lowest BCUT2D eigenvalue weighted by Crippen LogP contribution is -2.04. The van der Waals surface area contributed by atoms with Crippen molar-refractivity contribution in [2.45, 2.75) is 13.3 Å². The Labute approximate surface area is 99.5 Å². The van der Waals surface area contributed by atoms with Crippen LogP contribution in [0.3, 0.4) is 0 Å². The van der Waals surface area contributed by atoms with E-state index in [2.05, 4.69) is 12.0 Å². The minimum absolute atomic E-state index is 0.194. The number of aryl methyl sites for hydroxylation is 2. The van der Waals surface area contributed by atoms with E-state index in [-0.39, 0.29) is 5.69 Å². The molecule has 0 spiro atoms. The maximum Gasteiger partial charge on any atom is 0.354 e. The van der Waals surface area contributed by atoms with E-state index >= 15 is 0 Å². The van der Waals surface area contributed by atoms with Gasteiger partial charge in [-0.05, 0) is 18.1 Å². The van der Waals surface area contributed by atoms with Gasteiger partial charge in [0, 0.05) is 12.6 Å². The molecule has 0 radical (unpaired) electrons. The van der Waals surface area contributed by atoms with Gasteiger partial charge >= 0.3 is 5.97 Å². The van der Waals surface area contributed by atoms with Crippen molar-refractivity contribution in [1.29, 1.82) is 0 Å². The molecule has 88 valence electrons. The van der Waals surface area contributed by atoms with Crippen molar-refractivity contribution < 1.29 is 9.90 Å². The average molecular weight is 230 g/mol. The van der Waals surface area contributed by atoms with Crippen LogP contribution in [0, 0.1) is 0 Å². The molecule has 0 aliphatic heterocycles. The number of benzene rings is 1. The van der Waals surface area contributed by atoms with Gasteiger partial charge in [-0.2, -0.15) is 5.10 Å². The lowest BCUT2D eigenvalue weighted by molar-refractivity contribution is 0.0685. The summed E-state index contributed by atoms with van der Waals surface area (Å²) in [5.41, 5.74) is 3.07. The van der Waals surface area contributed by atoms with E-state index in [1.807, 2.05) is 24.3 Å². The molecule has 1 aromatic carbocycles. The van der Waals surface area contributed by atoms with Gasteiger partial charge in [-0.25, -0.2) is 4.79 Å². The molecule has 0 fully saturated rings. The zero-order valence-corrected chi connectivity index (χ0v) is 9.84. The van der Waals surface area contributed by atoms with Crippen LogP contribution < -0.4 is 0 Å². The number of carboxylic acid groups (broad SMARTS) is 1. The fourth-order valence-electron chi connectivity index (χ4n) is 1.72. The Morgan fingerprint density at radius 2 is 2.00 bits per heavy atom. The van der Waals surface area contributed by atoms with Crippen molar-refractivity contribution in [3.63, 3.8) is 0 Å². The van der Waals surface area contributed by atoms with Crippen LogP contribution in [0.5, 0.6) is 0 Å². The van der Waals surface area contributed by atoms with Crippen LogP contribution in [0.4, 0.5) is 0 Å². The second kappa shape index (κ2) is 4.41. The lowest BCUT2D eigenvalue weighted by atomic mass is 10.1. The third-order valence-corrected chi connectivity index (χ3v) is 2.76. The van der Waals surface area contributed by atoms with Gasteiger partial charge in [0.25, 0.3) is 0 Å². The number of aromatic nitrogens is 2. The van der Waals surface area contributed by atoms with Crippen LogP contribution in [0.1, 0.15) is 23.0 Å². The fraction of sp³-hybridized carbons (Fsp3) is 0.231. The number of carboxylic acids is 1. The van der Waals surface area contributed by atoms with Gasteiger partial charge in [-0.15, -0.1) is 0 Å². The van der Waals surface area contributed by atoms with Crippen molar-refractivity contribution in [1.82, 2.24) is 9.78 Å². The summed E-state index contributed by atoms with van der Waals surface area (Å²) in [4.78, 5) is 10.9. The van der Waals surface area contributed by atoms with Crippen LogP contribution in [-0.4, -0.2) is 20.9 Å². The minimum atomic E-state index is -0.962. The maximum atomic E-state index is 10.9. The van der Waals surface area contributed by atoms with E-state index in [1.54, 1.807) is 13.1 Å². The van der Waals surface area contributed by atoms with E-state index in [9.17, 15) is 4.79 Å². The third kappa shape index (κ3) is 2.20. The second-order valence-corrected chi connectivity index (χ2v) is 3.89. The zero-order valence-electron chi connectivity index (χ0n) is 9.84. The quantitative estimate of drug-likeness (QED) is 0.880. The van der Waals surface area contributed by atoms with Gasteiger partial charge in [0.15, 0.2) is 0 Å². The average Bonchev–Trinajstić information content (AvgIpc) is 2.71. The molecule has 0 aliphatic carbocycles. The number of aromatic carboxylic acids is 1. The molecule has 0 saturated carbocycles. The smallest absolute Gasteiger partial charge is 0.354 e. The molecule has 2 aromatic rings. The summed E-state index contributed by atoms with van der Waals surface area (Å²) in [6.07, 6.45) is 0.989. The Hall–Kier alpha value is -2.10. The Kier molecular flexibility index (Phi) is 2.95. The summed E-state index contributed by atoms with van der Waals surface area (Å²) in [6, 6.07) is 9.58. The Balaban J connectivity index is 2.39. The molecule has 0 saturated heterocycles. The van der Waals surface area contributed by atoms with E-state index < -0.39 is 5.97 Å². The van der Waals surface area contributed by atoms with Gasteiger partial charge in [0.05, 0.1) is 5.69 Å². The second-order valence-electron chi connectivity index (χ2n) is 3.89. The van der Waals surface area contributed by atoms with Crippen molar-refractivity contribution >= 4 is 5.97 Å². The van der Waals surface area contributed by atoms with Crippen molar-refractivity contribution in [3.8, 4) is 11.3 Å². The largest absolute Gasteiger partial charge is 0.477 e. The first kappa shape index (κ1) is 11.4. The molecule has 4 nitrogen and oxygen atoms in total. The molecule has 1 aromatic heterocycles. The van der Waals surface area contributed by atoms with Crippen LogP contribution >= 0.6 is 0 Å². The topological polar surface area (TPSA) is 55.1 Å². The van der Waals surface area contributed by atoms with Gasteiger partial charge in [-0.1, -0.05) is 31.2 Å². The number of hydrogen-bond acceptors (Lipinski definition) is 2. The van der Waals surface area contributed by atoms with E-state index in [0.29, 0.717) is 5.69 Å². The number of carbonyl (C=O) groups is 1. The fourth-order valence-corrected chi connectivity index (χ4v) is 1.72. The summed E-state index contributed by atoms with van der Waals surface area (Å²) in [6.45, 7) is 2.10. The molecule has 0 aliphatic rings. The zero-order chi connectivity index (χ0) is 12.4. The minimum Gasteiger partial charge on any atom is -0.477 e. The van der Waals surface area contributed by atoms with Gasteiger partial charge in [0.1, 0.15) is 5.69 Å². The molecule has 2 rings (SSSR count). The van der Waals surface area contributed by atoms with Crippen LogP contribution in [0.25, 0.3) is 11.3 Å². The predicted molar refractivity (Wildman–Crippen MR) is 65.0 cm³/mol. The van der Waals surface area contributed by atoms with Gasteiger partial charge in [-0.3, -0.25) is 4.68 Å². The Morgan fingerprint density at radius 3 is 2.47 bits per heavy atom. The highest BCUT2D eigenvalue weighted by atomic mass is 16.4.